The second kappa shape index (κ2) is 6.08. The zero-order valence-electron chi connectivity index (χ0n) is 12.8. The molecule has 1 aromatic heterocycles. The number of aromatic nitrogens is 1. The molecule has 0 fully saturated rings. The van der Waals surface area contributed by atoms with E-state index in [4.69, 9.17) is 5.73 Å². The summed E-state index contributed by atoms with van der Waals surface area (Å²) in [5, 5.41) is 22.4. The van der Waals surface area contributed by atoms with E-state index in [0.717, 1.165) is 0 Å². The van der Waals surface area contributed by atoms with Crippen molar-refractivity contribution in [1.29, 1.82) is 0 Å². The molecule has 0 saturated heterocycles. The van der Waals surface area contributed by atoms with Gasteiger partial charge < -0.3 is 20.2 Å². The fraction of sp³-hybridized carbons (Fsp3) is 0.0588. The molecule has 1 heterocycles. The molecule has 126 valence electrons. The number of ketones is 1. The van der Waals surface area contributed by atoms with Crippen LogP contribution in [0.5, 0.6) is 0 Å². The van der Waals surface area contributed by atoms with Gasteiger partial charge in [0.05, 0.1) is 23.1 Å². The number of benzene rings is 2. The maximum atomic E-state index is 12.8. The van der Waals surface area contributed by atoms with Crippen molar-refractivity contribution in [2.45, 2.75) is 6.54 Å². The van der Waals surface area contributed by atoms with Gasteiger partial charge in [0.1, 0.15) is 0 Å². The van der Waals surface area contributed by atoms with Crippen molar-refractivity contribution < 1.29 is 19.6 Å². The minimum Gasteiger partial charge on any atom is -0.548 e. The highest BCUT2D eigenvalue weighted by Gasteiger charge is 2.20. The van der Waals surface area contributed by atoms with Gasteiger partial charge in [-0.1, -0.05) is 12.1 Å². The third kappa shape index (κ3) is 2.92. The molecule has 3 aromatic rings. The minimum absolute atomic E-state index is 0.0672. The molecule has 0 radical (unpaired) electrons. The zero-order valence-corrected chi connectivity index (χ0v) is 12.8. The van der Waals surface area contributed by atoms with Gasteiger partial charge in [0.2, 0.25) is 5.78 Å². The molecule has 8 heteroatoms. The Kier molecular flexibility index (Phi) is 3.94. The number of hydrogen-bond acceptors (Lipinski definition) is 6. The minimum atomic E-state index is -1.38. The maximum Gasteiger partial charge on any atom is 0.270 e. The lowest BCUT2D eigenvalue weighted by Gasteiger charge is -2.11. The number of non-ortho nitro benzene ring substituents is 1. The van der Waals surface area contributed by atoms with Gasteiger partial charge in [0.25, 0.3) is 5.69 Å². The Bertz CT molecular complexity index is 1020. The summed E-state index contributed by atoms with van der Waals surface area (Å²) in [6.07, 6.45) is 0. The number of fused-ring (bicyclic) bond motifs is 1. The van der Waals surface area contributed by atoms with Crippen molar-refractivity contribution in [3.8, 4) is 0 Å². The predicted molar refractivity (Wildman–Crippen MR) is 87.9 cm³/mol. The quantitative estimate of drug-likeness (QED) is 0.321. The Morgan fingerprint density at radius 3 is 2.48 bits per heavy atom. The van der Waals surface area contributed by atoms with E-state index in [0.29, 0.717) is 10.9 Å². The summed E-state index contributed by atoms with van der Waals surface area (Å²) in [5.41, 5.74) is 6.59. The third-order valence-corrected chi connectivity index (χ3v) is 3.82. The Morgan fingerprint density at radius 2 is 1.84 bits per heavy atom. The van der Waals surface area contributed by atoms with Gasteiger partial charge in [-0.05, 0) is 24.3 Å². The van der Waals surface area contributed by atoms with Gasteiger partial charge in [-0.2, -0.15) is 0 Å². The predicted octanol–water partition coefficient (Wildman–Crippen LogP) is 1.11. The topological polar surface area (TPSA) is 131 Å². The third-order valence-electron chi connectivity index (χ3n) is 3.82. The van der Waals surface area contributed by atoms with Crippen molar-refractivity contribution in [2.24, 2.45) is 0 Å². The van der Waals surface area contributed by atoms with Crippen LogP contribution in [-0.2, 0) is 11.3 Å². The Morgan fingerprint density at radius 1 is 1.12 bits per heavy atom. The standard InChI is InChI=1S/C17H13N3O5/c18-13-4-2-1-3-12(13)17(23)15-8-10-7-11(20(24)25)5-6-14(10)19(15)9-16(21)22/h1-8H,9,18H2,(H,21,22)/p-1. The van der Waals surface area contributed by atoms with E-state index >= 15 is 0 Å². The molecule has 0 aliphatic rings. The first-order valence-electron chi connectivity index (χ1n) is 7.25. The number of carboxylic acid groups (broad SMARTS) is 1. The van der Waals surface area contributed by atoms with Crippen LogP contribution < -0.4 is 10.8 Å². The van der Waals surface area contributed by atoms with E-state index in [1.807, 2.05) is 0 Å². The number of nitrogens with zero attached hydrogens (tertiary/aromatic N) is 2. The second-order valence-electron chi connectivity index (χ2n) is 5.40. The average molecular weight is 338 g/mol. The van der Waals surface area contributed by atoms with Crippen LogP contribution in [0.4, 0.5) is 11.4 Å². The molecule has 0 unspecified atom stereocenters. The number of anilines is 1. The van der Waals surface area contributed by atoms with Crippen LogP contribution in [-0.4, -0.2) is 21.2 Å². The number of hydrogen-bond donors (Lipinski definition) is 1. The number of carbonyl (C=O) groups excluding carboxylic acids is 2. The molecule has 3 rings (SSSR count). The van der Waals surface area contributed by atoms with Crippen LogP contribution >= 0.6 is 0 Å². The maximum absolute atomic E-state index is 12.8. The van der Waals surface area contributed by atoms with E-state index < -0.39 is 23.2 Å². The van der Waals surface area contributed by atoms with Crippen molar-refractivity contribution in [1.82, 2.24) is 4.57 Å². The summed E-state index contributed by atoms with van der Waals surface area (Å²) in [7, 11) is 0. The van der Waals surface area contributed by atoms with Crippen LogP contribution in [0.2, 0.25) is 0 Å². The van der Waals surface area contributed by atoms with E-state index in [1.165, 1.54) is 34.9 Å². The van der Waals surface area contributed by atoms with Gasteiger partial charge in [0.15, 0.2) is 0 Å². The van der Waals surface area contributed by atoms with Gasteiger partial charge >= 0.3 is 0 Å². The smallest absolute Gasteiger partial charge is 0.270 e. The van der Waals surface area contributed by atoms with Crippen LogP contribution in [0.1, 0.15) is 16.1 Å². The van der Waals surface area contributed by atoms with Crippen molar-refractivity contribution in [2.75, 3.05) is 5.73 Å². The zero-order chi connectivity index (χ0) is 18.1. The van der Waals surface area contributed by atoms with Gasteiger partial charge in [-0.25, -0.2) is 0 Å². The van der Waals surface area contributed by atoms with Crippen molar-refractivity contribution in [3.05, 3.63) is 69.9 Å². The van der Waals surface area contributed by atoms with E-state index in [9.17, 15) is 24.8 Å². The van der Waals surface area contributed by atoms with Gasteiger partial charge in [0, 0.05) is 34.3 Å². The summed E-state index contributed by atoms with van der Waals surface area (Å²) in [4.78, 5) is 34.3. The number of nitro groups is 1. The lowest BCUT2D eigenvalue weighted by molar-refractivity contribution is -0.384. The highest BCUT2D eigenvalue weighted by Crippen LogP contribution is 2.27. The number of aliphatic carboxylic acids is 1. The lowest BCUT2D eigenvalue weighted by atomic mass is 10.1. The van der Waals surface area contributed by atoms with Crippen molar-refractivity contribution in [3.63, 3.8) is 0 Å². The number of para-hydroxylation sites is 1. The number of carbonyl (C=O) groups is 2. The molecule has 2 N–H and O–H groups in total. The highest BCUT2D eigenvalue weighted by molar-refractivity contribution is 6.13. The van der Waals surface area contributed by atoms with Crippen molar-refractivity contribution >= 4 is 34.0 Å². The summed E-state index contributed by atoms with van der Waals surface area (Å²) >= 11 is 0. The number of carboxylic acids is 1. The first-order valence-corrected chi connectivity index (χ1v) is 7.25. The van der Waals surface area contributed by atoms with Gasteiger partial charge in [-0.15, -0.1) is 0 Å². The Hall–Kier alpha value is -3.68. The molecule has 0 saturated carbocycles. The molecule has 0 amide bonds. The molecular formula is C17H12N3O5-. The van der Waals surface area contributed by atoms with E-state index in [1.54, 1.807) is 18.2 Å². The molecular weight excluding hydrogens is 326 g/mol. The van der Waals surface area contributed by atoms with E-state index in [2.05, 4.69) is 0 Å². The lowest BCUT2D eigenvalue weighted by Crippen LogP contribution is -2.28. The Labute approximate surface area is 141 Å². The largest absolute Gasteiger partial charge is 0.548 e. The number of nitrogens with two attached hydrogens (primary N) is 1. The number of nitro benzene ring substituents is 1. The summed E-state index contributed by atoms with van der Waals surface area (Å²) in [6.45, 7) is -0.560. The monoisotopic (exact) mass is 338 g/mol. The normalized spacial score (nSPS) is 10.7. The molecule has 0 aliphatic heterocycles. The number of nitrogen functional groups attached to an aromatic ring is 1. The molecule has 2 aromatic carbocycles. The average Bonchev–Trinajstić information content (AvgIpc) is 2.92. The first kappa shape index (κ1) is 16.2. The Balaban J connectivity index is 2.22. The molecule has 0 atom stereocenters. The molecule has 0 bridgehead atoms. The summed E-state index contributed by atoms with van der Waals surface area (Å²) < 4.78 is 1.25. The molecule has 0 aliphatic carbocycles. The fourth-order valence-electron chi connectivity index (χ4n) is 2.70. The molecule has 8 nitrogen and oxygen atoms in total. The fourth-order valence-corrected chi connectivity index (χ4v) is 2.70. The SMILES string of the molecule is Nc1ccccc1C(=O)c1cc2cc([N+](=O)[O-])ccc2n1CC(=O)[O-]. The number of rotatable bonds is 5. The van der Waals surface area contributed by atoms with E-state index in [-0.39, 0.29) is 22.6 Å². The van der Waals surface area contributed by atoms with Crippen LogP contribution in [0.25, 0.3) is 10.9 Å². The van der Waals surface area contributed by atoms with Crippen LogP contribution in [0.15, 0.2) is 48.5 Å². The van der Waals surface area contributed by atoms with Gasteiger partial charge in [-0.3, -0.25) is 14.9 Å². The summed E-state index contributed by atoms with van der Waals surface area (Å²) in [6, 6.07) is 11.8. The molecule has 0 spiro atoms. The first-order chi connectivity index (χ1) is 11.9. The highest BCUT2D eigenvalue weighted by atomic mass is 16.6. The summed E-state index contributed by atoms with van der Waals surface area (Å²) in [5.74, 6) is -1.86. The second-order valence-corrected chi connectivity index (χ2v) is 5.40. The molecule has 25 heavy (non-hydrogen) atoms. The van der Waals surface area contributed by atoms with Crippen LogP contribution in [0.3, 0.4) is 0 Å². The van der Waals surface area contributed by atoms with Crippen LogP contribution in [0, 0.1) is 10.1 Å².